The van der Waals surface area contributed by atoms with Gasteiger partial charge in [0.05, 0.1) is 18.3 Å². The minimum atomic E-state index is -0.247. The van der Waals surface area contributed by atoms with Gasteiger partial charge in [-0.1, -0.05) is 38.1 Å². The maximum Gasteiger partial charge on any atom is 0.254 e. The fourth-order valence-electron chi connectivity index (χ4n) is 3.53. The van der Waals surface area contributed by atoms with Crippen LogP contribution in [0.25, 0.3) is 5.70 Å². The zero-order chi connectivity index (χ0) is 22.8. The van der Waals surface area contributed by atoms with Crippen LogP contribution in [0.5, 0.6) is 0 Å². The lowest BCUT2D eigenvalue weighted by Crippen LogP contribution is -2.39. The topological polar surface area (TPSA) is 146 Å². The molecule has 1 amide bonds. The summed E-state index contributed by atoms with van der Waals surface area (Å²) in [7, 11) is 0. The Kier molecular flexibility index (Phi) is 11.1. The molecule has 174 valence electrons. The summed E-state index contributed by atoms with van der Waals surface area (Å²) in [5, 5.41) is 3.30. The smallest absolute Gasteiger partial charge is 0.254 e. The molecule has 2 aromatic rings. The summed E-state index contributed by atoms with van der Waals surface area (Å²) in [5.41, 5.74) is 11.2. The third-order valence-corrected chi connectivity index (χ3v) is 5.10. The van der Waals surface area contributed by atoms with Gasteiger partial charge in [0.25, 0.3) is 5.91 Å². The normalized spacial score (nSPS) is 13.8. The van der Waals surface area contributed by atoms with E-state index in [1.54, 1.807) is 11.0 Å². The minimum absolute atomic E-state index is 0. The molecule has 32 heavy (non-hydrogen) atoms. The van der Waals surface area contributed by atoms with E-state index in [9.17, 15) is 9.59 Å². The van der Waals surface area contributed by atoms with Gasteiger partial charge in [-0.05, 0) is 48.7 Å². The summed E-state index contributed by atoms with van der Waals surface area (Å²) < 4.78 is 0. The van der Waals surface area contributed by atoms with E-state index in [4.69, 9.17) is 16.5 Å². The zero-order valence-corrected chi connectivity index (χ0v) is 19.1. The van der Waals surface area contributed by atoms with Crippen LogP contribution < -0.4 is 23.1 Å². The summed E-state index contributed by atoms with van der Waals surface area (Å²) in [6.45, 7) is 6.54. The summed E-state index contributed by atoms with van der Waals surface area (Å²) in [6, 6.07) is 15.1. The molecule has 1 unspecified atom stereocenters. The first-order valence-corrected chi connectivity index (χ1v) is 10.5. The van der Waals surface area contributed by atoms with Crippen molar-refractivity contribution < 1.29 is 14.4 Å². The Hall–Kier alpha value is -3.20. The number of rotatable bonds is 9. The number of hydrogen-bond donors (Lipinski definition) is 4. The lowest BCUT2D eigenvalue weighted by molar-refractivity contribution is -0.108. The Bertz CT molecular complexity index is 915. The van der Waals surface area contributed by atoms with Crippen LogP contribution in [0.3, 0.4) is 0 Å². The maximum atomic E-state index is 12.8. The average molecular weight is 442 g/mol. The molecule has 3 rings (SSSR count). The highest BCUT2D eigenvalue weighted by Crippen LogP contribution is 2.29. The van der Waals surface area contributed by atoms with Gasteiger partial charge in [-0.15, -0.1) is 0 Å². The Morgan fingerprint density at radius 2 is 1.91 bits per heavy atom. The van der Waals surface area contributed by atoms with Crippen molar-refractivity contribution in [2.45, 2.75) is 46.2 Å². The number of amides is 1. The number of nitrogens with zero attached hydrogens (tertiary/aromatic N) is 1. The van der Waals surface area contributed by atoms with Crippen molar-refractivity contribution >= 4 is 23.6 Å². The number of nitrogens with one attached hydrogen (secondary N) is 1. The Morgan fingerprint density at radius 3 is 2.53 bits per heavy atom. The van der Waals surface area contributed by atoms with Crippen LogP contribution >= 0.6 is 0 Å². The number of benzene rings is 2. The molecule has 1 aliphatic heterocycles. The lowest BCUT2D eigenvalue weighted by Gasteiger charge is -2.26. The predicted octanol–water partition coefficient (Wildman–Crippen LogP) is 3.83. The number of hydrogen-bond acceptors (Lipinski definition) is 7. The van der Waals surface area contributed by atoms with Crippen molar-refractivity contribution in [3.8, 4) is 0 Å². The Morgan fingerprint density at radius 1 is 1.22 bits per heavy atom. The maximum absolute atomic E-state index is 12.8. The van der Waals surface area contributed by atoms with Crippen LogP contribution in [0.1, 0.15) is 55.1 Å². The van der Waals surface area contributed by atoms with E-state index >= 15 is 0 Å². The van der Waals surface area contributed by atoms with E-state index in [0.717, 1.165) is 28.8 Å². The van der Waals surface area contributed by atoms with Gasteiger partial charge in [0, 0.05) is 29.9 Å². The Balaban J connectivity index is 0.00000166. The highest BCUT2D eigenvalue weighted by Gasteiger charge is 2.32. The molecule has 0 bridgehead atoms. The number of nitrogens with two attached hydrogens (primary N) is 2. The van der Waals surface area contributed by atoms with Crippen molar-refractivity contribution in [2.75, 3.05) is 11.9 Å². The molecule has 0 spiro atoms. The molecule has 1 heterocycles. The fourth-order valence-corrected chi connectivity index (χ4v) is 3.53. The second kappa shape index (κ2) is 13.3. The third kappa shape index (κ3) is 6.40. The van der Waals surface area contributed by atoms with Crippen molar-refractivity contribution in [2.24, 2.45) is 11.6 Å². The van der Waals surface area contributed by atoms with Gasteiger partial charge in [-0.2, -0.15) is 0 Å². The largest absolute Gasteiger partial charge is 0.397 e. The van der Waals surface area contributed by atoms with Crippen LogP contribution in [-0.2, 0) is 16.2 Å². The van der Waals surface area contributed by atoms with Gasteiger partial charge in [-0.3, -0.25) is 4.79 Å². The van der Waals surface area contributed by atoms with Gasteiger partial charge >= 0.3 is 0 Å². The second-order valence-corrected chi connectivity index (χ2v) is 7.07. The van der Waals surface area contributed by atoms with Crippen molar-refractivity contribution in [1.29, 1.82) is 0 Å². The first-order valence-electron chi connectivity index (χ1n) is 10.5. The SMILES string of the molecule is C/C(Nc1ccccc1)=C(/N)c1ccc2c(c1)CN(C(CCC=O)CON)C2=O.CC.N. The number of fused-ring (bicyclic) bond motifs is 1. The lowest BCUT2D eigenvalue weighted by atomic mass is 10.0. The number of carbonyl (C=O) groups is 2. The van der Waals surface area contributed by atoms with E-state index in [0.29, 0.717) is 30.6 Å². The van der Waals surface area contributed by atoms with Crippen molar-refractivity contribution in [3.63, 3.8) is 0 Å². The second-order valence-electron chi connectivity index (χ2n) is 7.07. The molecule has 0 saturated heterocycles. The van der Waals surface area contributed by atoms with Crippen molar-refractivity contribution in [1.82, 2.24) is 11.1 Å². The summed E-state index contributed by atoms with van der Waals surface area (Å²) in [5.74, 6) is 5.14. The summed E-state index contributed by atoms with van der Waals surface area (Å²) in [4.78, 5) is 30.0. The quantitative estimate of drug-likeness (QED) is 0.342. The molecule has 0 aliphatic carbocycles. The van der Waals surface area contributed by atoms with Gasteiger partial charge in [0.15, 0.2) is 0 Å². The van der Waals surface area contributed by atoms with Crippen LogP contribution in [0, 0.1) is 0 Å². The predicted molar refractivity (Wildman–Crippen MR) is 129 cm³/mol. The first kappa shape index (κ1) is 26.8. The summed E-state index contributed by atoms with van der Waals surface area (Å²) in [6.07, 6.45) is 1.69. The fraction of sp³-hybridized carbons (Fsp3) is 0.333. The number of allylic oxidation sites excluding steroid dienone is 1. The molecular formula is C24H35N5O3. The van der Waals surface area contributed by atoms with Crippen LogP contribution in [0.2, 0.25) is 0 Å². The molecule has 0 radical (unpaired) electrons. The zero-order valence-electron chi connectivity index (χ0n) is 19.1. The third-order valence-electron chi connectivity index (χ3n) is 5.10. The van der Waals surface area contributed by atoms with Crippen molar-refractivity contribution in [3.05, 3.63) is 70.9 Å². The molecule has 1 atom stereocenters. The molecule has 0 fully saturated rings. The van der Waals surface area contributed by atoms with E-state index in [1.807, 2.05) is 63.2 Å². The van der Waals surface area contributed by atoms with Crippen LogP contribution in [-0.4, -0.2) is 29.7 Å². The molecule has 2 aromatic carbocycles. The van der Waals surface area contributed by atoms with Gasteiger partial charge < -0.3 is 31.7 Å². The molecule has 8 N–H and O–H groups in total. The van der Waals surface area contributed by atoms with E-state index in [2.05, 4.69) is 5.32 Å². The van der Waals surface area contributed by atoms with E-state index in [-0.39, 0.29) is 24.7 Å². The van der Waals surface area contributed by atoms with Gasteiger partial charge in [-0.25, -0.2) is 5.90 Å². The summed E-state index contributed by atoms with van der Waals surface area (Å²) >= 11 is 0. The standard InChI is InChI=1S/C22H26N4O3.C2H6.H3N/c1-15(25-18-6-3-2-4-7-18)21(23)16-9-10-20-17(12-16)13-26(22(20)28)19(14-29-24)8-5-11-27;1-2;/h2-4,6-7,9-12,19,25H,5,8,13-14,23-24H2,1H3;1-2H3;1H3/b21-15-;;. The first-order chi connectivity index (χ1) is 15.0. The molecule has 0 saturated carbocycles. The molecular weight excluding hydrogens is 406 g/mol. The number of anilines is 1. The van der Waals surface area contributed by atoms with Gasteiger partial charge in [0.2, 0.25) is 0 Å². The number of aldehydes is 1. The molecule has 8 nitrogen and oxygen atoms in total. The number of para-hydroxylation sites is 1. The van der Waals surface area contributed by atoms with Crippen LogP contribution in [0.4, 0.5) is 5.69 Å². The highest BCUT2D eigenvalue weighted by molar-refractivity contribution is 5.99. The monoisotopic (exact) mass is 441 g/mol. The van der Waals surface area contributed by atoms with E-state index < -0.39 is 0 Å². The molecule has 1 aliphatic rings. The average Bonchev–Trinajstić information content (AvgIpc) is 3.13. The molecule has 0 aromatic heterocycles. The molecule has 8 heteroatoms. The Labute approximate surface area is 190 Å². The number of carbonyl (C=O) groups excluding carboxylic acids is 2. The van der Waals surface area contributed by atoms with Gasteiger partial charge in [0.1, 0.15) is 6.29 Å². The highest BCUT2D eigenvalue weighted by atomic mass is 16.6. The van der Waals surface area contributed by atoms with E-state index in [1.165, 1.54) is 0 Å². The van der Waals surface area contributed by atoms with Crippen LogP contribution in [0.15, 0.2) is 54.2 Å². The minimum Gasteiger partial charge on any atom is -0.397 e.